The molecule has 0 spiro atoms. The molecule has 2 heteroatoms. The van der Waals surface area contributed by atoms with Crippen LogP contribution in [0.1, 0.15) is 33.6 Å². The second kappa shape index (κ2) is 8.47. The molecule has 1 nitrogen and oxygen atoms in total. The summed E-state index contributed by atoms with van der Waals surface area (Å²) in [5.74, 6) is 7.22. The van der Waals surface area contributed by atoms with Gasteiger partial charge in [-0.15, -0.1) is 11.8 Å². The number of nitrogens with one attached hydrogen (secondary N) is 1. The highest BCUT2D eigenvalue weighted by molar-refractivity contribution is 7.99. The SMILES string of the molecule is CC#CCC(CSC(C)CC)NC. The molecule has 2 atom stereocenters. The van der Waals surface area contributed by atoms with Crippen molar-refractivity contribution in [3.63, 3.8) is 0 Å². The van der Waals surface area contributed by atoms with Crippen molar-refractivity contribution in [1.29, 1.82) is 0 Å². The summed E-state index contributed by atoms with van der Waals surface area (Å²) in [5.41, 5.74) is 0. The highest BCUT2D eigenvalue weighted by atomic mass is 32.2. The summed E-state index contributed by atoms with van der Waals surface area (Å²) in [7, 11) is 2.01. The van der Waals surface area contributed by atoms with Crippen molar-refractivity contribution in [3.05, 3.63) is 0 Å². The van der Waals surface area contributed by atoms with Gasteiger partial charge in [0.2, 0.25) is 0 Å². The minimum Gasteiger partial charge on any atom is -0.315 e. The lowest BCUT2D eigenvalue weighted by atomic mass is 10.2. The predicted octanol–water partition coefficient (Wildman–Crippen LogP) is 2.52. The van der Waals surface area contributed by atoms with E-state index in [9.17, 15) is 0 Å². The molecular weight excluding hydrogens is 178 g/mol. The molecule has 13 heavy (non-hydrogen) atoms. The number of thioether (sulfide) groups is 1. The lowest BCUT2D eigenvalue weighted by molar-refractivity contribution is 0.635. The fraction of sp³-hybridized carbons (Fsp3) is 0.818. The van der Waals surface area contributed by atoms with Gasteiger partial charge in [0.25, 0.3) is 0 Å². The second-order valence-corrected chi connectivity index (χ2v) is 4.64. The predicted molar refractivity (Wildman–Crippen MR) is 63.1 cm³/mol. The Balaban J connectivity index is 3.62. The Kier molecular flexibility index (Phi) is 8.38. The van der Waals surface area contributed by atoms with E-state index in [0.29, 0.717) is 6.04 Å². The van der Waals surface area contributed by atoms with E-state index >= 15 is 0 Å². The quantitative estimate of drug-likeness (QED) is 0.660. The van der Waals surface area contributed by atoms with Crippen LogP contribution in [0.4, 0.5) is 0 Å². The first-order chi connectivity index (χ1) is 6.24. The van der Waals surface area contributed by atoms with Gasteiger partial charge in [-0.1, -0.05) is 13.8 Å². The van der Waals surface area contributed by atoms with E-state index in [2.05, 4.69) is 31.0 Å². The summed E-state index contributed by atoms with van der Waals surface area (Å²) in [6, 6.07) is 0.548. The molecule has 0 amide bonds. The maximum absolute atomic E-state index is 3.29. The van der Waals surface area contributed by atoms with Crippen LogP contribution < -0.4 is 5.32 Å². The first-order valence-corrected chi connectivity index (χ1v) is 5.97. The van der Waals surface area contributed by atoms with Crippen molar-refractivity contribution < 1.29 is 0 Å². The molecule has 0 fully saturated rings. The van der Waals surface area contributed by atoms with Crippen LogP contribution in [0.5, 0.6) is 0 Å². The average Bonchev–Trinajstić information content (AvgIpc) is 2.17. The van der Waals surface area contributed by atoms with Gasteiger partial charge in [-0.2, -0.15) is 11.8 Å². The maximum atomic E-state index is 3.29. The summed E-state index contributed by atoms with van der Waals surface area (Å²) in [4.78, 5) is 0. The molecule has 76 valence electrons. The fourth-order valence-electron chi connectivity index (χ4n) is 0.868. The molecule has 0 aromatic carbocycles. The van der Waals surface area contributed by atoms with Gasteiger partial charge >= 0.3 is 0 Å². The van der Waals surface area contributed by atoms with E-state index in [1.165, 1.54) is 12.2 Å². The topological polar surface area (TPSA) is 12.0 Å². The third kappa shape index (κ3) is 6.98. The number of hydrogen-bond donors (Lipinski definition) is 1. The normalized spacial score (nSPS) is 14.5. The van der Waals surface area contributed by atoms with E-state index in [1.54, 1.807) is 0 Å². The van der Waals surface area contributed by atoms with Crippen LogP contribution in [-0.2, 0) is 0 Å². The van der Waals surface area contributed by atoms with E-state index < -0.39 is 0 Å². The highest BCUT2D eigenvalue weighted by Crippen LogP contribution is 2.15. The van der Waals surface area contributed by atoms with Crippen LogP contribution >= 0.6 is 11.8 Å². The van der Waals surface area contributed by atoms with Gasteiger partial charge in [0.1, 0.15) is 0 Å². The molecule has 0 aromatic heterocycles. The number of rotatable bonds is 6. The molecule has 0 aliphatic rings. The Morgan fingerprint density at radius 1 is 1.46 bits per heavy atom. The van der Waals surface area contributed by atoms with Gasteiger partial charge in [-0.3, -0.25) is 0 Å². The van der Waals surface area contributed by atoms with Gasteiger partial charge in [0.05, 0.1) is 0 Å². The third-order valence-electron chi connectivity index (χ3n) is 2.09. The van der Waals surface area contributed by atoms with E-state index in [4.69, 9.17) is 0 Å². The summed E-state index contributed by atoms with van der Waals surface area (Å²) in [5, 5.41) is 4.06. The smallest absolute Gasteiger partial charge is 0.0264 e. The molecule has 0 aromatic rings. The van der Waals surface area contributed by atoms with Crippen LogP contribution in [0.2, 0.25) is 0 Å². The van der Waals surface area contributed by atoms with Crippen LogP contribution in [-0.4, -0.2) is 24.1 Å². The Morgan fingerprint density at radius 3 is 2.62 bits per heavy atom. The van der Waals surface area contributed by atoms with E-state index in [0.717, 1.165) is 11.7 Å². The highest BCUT2D eigenvalue weighted by Gasteiger charge is 2.06. The van der Waals surface area contributed by atoms with E-state index in [-0.39, 0.29) is 0 Å². The molecule has 0 bridgehead atoms. The molecule has 2 unspecified atom stereocenters. The lowest BCUT2D eigenvalue weighted by Crippen LogP contribution is -2.27. The summed E-state index contributed by atoms with van der Waals surface area (Å²) in [6.45, 7) is 6.41. The van der Waals surface area contributed by atoms with Crippen molar-refractivity contribution in [3.8, 4) is 11.8 Å². The Labute approximate surface area is 87.1 Å². The Morgan fingerprint density at radius 2 is 2.15 bits per heavy atom. The Bertz CT molecular complexity index is 169. The van der Waals surface area contributed by atoms with Gasteiger partial charge in [-0.25, -0.2) is 0 Å². The van der Waals surface area contributed by atoms with Crippen molar-refractivity contribution in [2.24, 2.45) is 0 Å². The van der Waals surface area contributed by atoms with Gasteiger partial charge < -0.3 is 5.32 Å². The zero-order valence-electron chi connectivity index (χ0n) is 9.18. The molecule has 0 rings (SSSR count). The maximum Gasteiger partial charge on any atom is 0.0264 e. The summed E-state index contributed by atoms with van der Waals surface area (Å²) < 4.78 is 0. The minimum atomic E-state index is 0.548. The largest absolute Gasteiger partial charge is 0.315 e. The van der Waals surface area contributed by atoms with Gasteiger partial charge in [-0.05, 0) is 20.4 Å². The molecule has 0 radical (unpaired) electrons. The fourth-order valence-corrected chi connectivity index (χ4v) is 1.95. The molecule has 1 N–H and O–H groups in total. The van der Waals surface area contributed by atoms with Crippen molar-refractivity contribution in [1.82, 2.24) is 5.32 Å². The van der Waals surface area contributed by atoms with Gasteiger partial charge in [0, 0.05) is 23.5 Å². The van der Waals surface area contributed by atoms with Crippen LogP contribution in [0, 0.1) is 11.8 Å². The molecule has 0 aliphatic carbocycles. The molecular formula is C11H21NS. The van der Waals surface area contributed by atoms with E-state index in [1.807, 2.05) is 25.7 Å². The van der Waals surface area contributed by atoms with Crippen LogP contribution in [0.3, 0.4) is 0 Å². The first-order valence-electron chi connectivity index (χ1n) is 4.93. The zero-order chi connectivity index (χ0) is 10.1. The standard InChI is InChI=1S/C11H21NS/c1-5-7-8-11(12-4)9-13-10(3)6-2/h10-12H,6,8-9H2,1-4H3. The monoisotopic (exact) mass is 199 g/mol. The number of hydrogen-bond acceptors (Lipinski definition) is 2. The summed E-state index contributed by atoms with van der Waals surface area (Å²) >= 11 is 2.03. The Hall–Kier alpha value is -0.130. The second-order valence-electron chi connectivity index (χ2n) is 3.17. The van der Waals surface area contributed by atoms with Crippen LogP contribution in [0.15, 0.2) is 0 Å². The molecule has 0 heterocycles. The minimum absolute atomic E-state index is 0.548. The summed E-state index contributed by atoms with van der Waals surface area (Å²) in [6.07, 6.45) is 2.22. The first kappa shape index (κ1) is 12.9. The average molecular weight is 199 g/mol. The molecule has 0 saturated heterocycles. The molecule has 0 aliphatic heterocycles. The zero-order valence-corrected chi connectivity index (χ0v) is 10.0. The van der Waals surface area contributed by atoms with Gasteiger partial charge in [0.15, 0.2) is 0 Å². The lowest BCUT2D eigenvalue weighted by Gasteiger charge is -2.15. The third-order valence-corrected chi connectivity index (χ3v) is 3.59. The van der Waals surface area contributed by atoms with Crippen molar-refractivity contribution >= 4 is 11.8 Å². The van der Waals surface area contributed by atoms with Crippen LogP contribution in [0.25, 0.3) is 0 Å². The van der Waals surface area contributed by atoms with Crippen molar-refractivity contribution in [2.75, 3.05) is 12.8 Å². The molecule has 0 saturated carbocycles. The van der Waals surface area contributed by atoms with Crippen molar-refractivity contribution in [2.45, 2.75) is 44.9 Å².